The number of nitro groups is 1. The van der Waals surface area contributed by atoms with E-state index < -0.39 is 16.7 Å². The standard InChI is InChI=1S/C11H5ClN4O5S/c12-7-3-2-6(22-7)10-14-15-11(21-10)13-9(17)5-1-4-8(20-5)16(18)19/h1-4H,(H,13,15,17). The van der Waals surface area contributed by atoms with Crippen molar-refractivity contribution >= 4 is 40.7 Å². The van der Waals surface area contributed by atoms with Crippen LogP contribution in [-0.2, 0) is 0 Å². The quantitative estimate of drug-likeness (QED) is 0.571. The second-order valence-electron chi connectivity index (χ2n) is 3.87. The molecule has 0 spiro atoms. The highest BCUT2D eigenvalue weighted by molar-refractivity contribution is 7.19. The summed E-state index contributed by atoms with van der Waals surface area (Å²) in [6, 6.07) is 5.45. The lowest BCUT2D eigenvalue weighted by Gasteiger charge is -1.95. The van der Waals surface area contributed by atoms with Crippen LogP contribution >= 0.6 is 22.9 Å². The van der Waals surface area contributed by atoms with Crippen LogP contribution < -0.4 is 5.32 Å². The van der Waals surface area contributed by atoms with E-state index in [1.165, 1.54) is 17.4 Å². The molecule has 22 heavy (non-hydrogen) atoms. The zero-order chi connectivity index (χ0) is 15.7. The Bertz CT molecular complexity index is 854. The molecule has 0 saturated carbocycles. The number of hydrogen-bond donors (Lipinski definition) is 1. The number of halogens is 1. The molecule has 3 aromatic heterocycles. The summed E-state index contributed by atoms with van der Waals surface area (Å²) in [6.07, 6.45) is 0. The van der Waals surface area contributed by atoms with Gasteiger partial charge in [0.25, 0.3) is 11.8 Å². The first-order chi connectivity index (χ1) is 10.5. The minimum Gasteiger partial charge on any atom is -0.402 e. The monoisotopic (exact) mass is 340 g/mol. The largest absolute Gasteiger partial charge is 0.433 e. The lowest BCUT2D eigenvalue weighted by atomic mass is 10.4. The van der Waals surface area contributed by atoms with Crippen molar-refractivity contribution < 1.29 is 18.6 Å². The highest BCUT2D eigenvalue weighted by Gasteiger charge is 2.19. The van der Waals surface area contributed by atoms with Crippen LogP contribution in [0.5, 0.6) is 0 Å². The maximum Gasteiger partial charge on any atom is 0.433 e. The van der Waals surface area contributed by atoms with Crippen molar-refractivity contribution in [2.45, 2.75) is 0 Å². The molecule has 3 aromatic rings. The molecule has 1 amide bonds. The van der Waals surface area contributed by atoms with E-state index in [1.807, 2.05) is 0 Å². The number of thiophene rings is 1. The zero-order valence-corrected chi connectivity index (χ0v) is 12.1. The number of aromatic nitrogens is 2. The number of furan rings is 1. The fourth-order valence-electron chi connectivity index (χ4n) is 1.51. The number of nitrogens with zero attached hydrogens (tertiary/aromatic N) is 3. The molecule has 0 radical (unpaired) electrons. The first-order valence-electron chi connectivity index (χ1n) is 5.68. The summed E-state index contributed by atoms with van der Waals surface area (Å²) in [5.74, 6) is -1.33. The molecule has 0 aliphatic rings. The van der Waals surface area contributed by atoms with Gasteiger partial charge in [0.1, 0.15) is 4.92 Å². The Morgan fingerprint density at radius 3 is 2.73 bits per heavy atom. The van der Waals surface area contributed by atoms with E-state index >= 15 is 0 Å². The molecule has 112 valence electrons. The van der Waals surface area contributed by atoms with E-state index in [0.29, 0.717) is 9.21 Å². The molecule has 3 rings (SSSR count). The lowest BCUT2D eigenvalue weighted by molar-refractivity contribution is -0.402. The molecule has 3 heterocycles. The van der Waals surface area contributed by atoms with Gasteiger partial charge in [0, 0.05) is 0 Å². The number of carbonyl (C=O) groups is 1. The third kappa shape index (κ3) is 2.82. The average molecular weight is 341 g/mol. The Labute approximate surface area is 130 Å². The van der Waals surface area contributed by atoms with Gasteiger partial charge in [-0.2, -0.15) is 0 Å². The van der Waals surface area contributed by atoms with Crippen LogP contribution in [0.1, 0.15) is 10.6 Å². The van der Waals surface area contributed by atoms with Gasteiger partial charge in [-0.3, -0.25) is 20.2 Å². The van der Waals surface area contributed by atoms with Crippen molar-refractivity contribution in [3.63, 3.8) is 0 Å². The smallest absolute Gasteiger partial charge is 0.402 e. The lowest BCUT2D eigenvalue weighted by Crippen LogP contribution is -2.11. The Kier molecular flexibility index (Phi) is 3.61. The molecule has 0 atom stereocenters. The predicted molar refractivity (Wildman–Crippen MR) is 75.9 cm³/mol. The normalized spacial score (nSPS) is 10.6. The molecule has 0 aliphatic heterocycles. The predicted octanol–water partition coefficient (Wildman–Crippen LogP) is 3.21. The molecule has 0 aromatic carbocycles. The molecule has 1 N–H and O–H groups in total. The van der Waals surface area contributed by atoms with Gasteiger partial charge in [-0.25, -0.2) is 0 Å². The fraction of sp³-hybridized carbons (Fsp3) is 0. The molecule has 0 unspecified atom stereocenters. The van der Waals surface area contributed by atoms with Crippen LogP contribution in [0.25, 0.3) is 10.8 Å². The Morgan fingerprint density at radius 1 is 1.27 bits per heavy atom. The summed E-state index contributed by atoms with van der Waals surface area (Å²) in [5.41, 5.74) is 0. The number of hydrogen-bond acceptors (Lipinski definition) is 8. The molecule has 0 aliphatic carbocycles. The van der Waals surface area contributed by atoms with Gasteiger partial charge in [-0.05, 0) is 18.2 Å². The van der Waals surface area contributed by atoms with Gasteiger partial charge in [-0.1, -0.05) is 16.7 Å². The number of carbonyl (C=O) groups excluding carboxylic acids is 1. The van der Waals surface area contributed by atoms with Crippen LogP contribution in [0.3, 0.4) is 0 Å². The second-order valence-corrected chi connectivity index (χ2v) is 5.58. The number of nitrogens with one attached hydrogen (secondary N) is 1. The third-order valence-corrected chi connectivity index (χ3v) is 3.64. The van der Waals surface area contributed by atoms with Gasteiger partial charge < -0.3 is 8.83 Å². The van der Waals surface area contributed by atoms with Crippen LogP contribution in [0.2, 0.25) is 4.34 Å². The summed E-state index contributed by atoms with van der Waals surface area (Å²) in [6.45, 7) is 0. The molecular formula is C11H5ClN4O5S. The molecule has 9 nitrogen and oxygen atoms in total. The van der Waals surface area contributed by atoms with E-state index in [1.54, 1.807) is 12.1 Å². The van der Waals surface area contributed by atoms with E-state index in [9.17, 15) is 14.9 Å². The summed E-state index contributed by atoms with van der Waals surface area (Å²) in [7, 11) is 0. The van der Waals surface area contributed by atoms with Crippen molar-refractivity contribution in [3.05, 3.63) is 44.5 Å². The maximum atomic E-state index is 11.8. The first-order valence-corrected chi connectivity index (χ1v) is 6.87. The zero-order valence-electron chi connectivity index (χ0n) is 10.5. The summed E-state index contributed by atoms with van der Waals surface area (Å²) in [5, 5.41) is 20.2. The minimum absolute atomic E-state index is 0.163. The van der Waals surface area contributed by atoms with E-state index in [4.69, 9.17) is 20.4 Å². The van der Waals surface area contributed by atoms with Gasteiger partial charge in [-0.15, -0.1) is 16.4 Å². The third-order valence-electron chi connectivity index (χ3n) is 2.42. The maximum absolute atomic E-state index is 11.8. The van der Waals surface area contributed by atoms with Crippen LogP contribution in [0, 0.1) is 10.1 Å². The summed E-state index contributed by atoms with van der Waals surface area (Å²) in [4.78, 5) is 22.2. The number of rotatable bonds is 4. The molecular weight excluding hydrogens is 336 g/mol. The molecule has 0 bridgehead atoms. The average Bonchev–Trinajstić information content (AvgIpc) is 3.17. The second kappa shape index (κ2) is 5.58. The van der Waals surface area contributed by atoms with Crippen molar-refractivity contribution in [3.8, 4) is 10.8 Å². The van der Waals surface area contributed by atoms with Crippen molar-refractivity contribution in [1.82, 2.24) is 10.2 Å². The van der Waals surface area contributed by atoms with E-state index in [2.05, 4.69) is 15.5 Å². The van der Waals surface area contributed by atoms with Crippen molar-refractivity contribution in [1.29, 1.82) is 0 Å². The van der Waals surface area contributed by atoms with Crippen LogP contribution in [0.15, 0.2) is 33.1 Å². The minimum atomic E-state index is -0.748. The Morgan fingerprint density at radius 2 is 2.09 bits per heavy atom. The van der Waals surface area contributed by atoms with Gasteiger partial charge in [0.05, 0.1) is 15.3 Å². The fourth-order valence-corrected chi connectivity index (χ4v) is 2.47. The molecule has 0 saturated heterocycles. The van der Waals surface area contributed by atoms with Gasteiger partial charge in [0.15, 0.2) is 5.76 Å². The molecule has 0 fully saturated rings. The Hall–Kier alpha value is -2.72. The summed E-state index contributed by atoms with van der Waals surface area (Å²) < 4.78 is 10.6. The van der Waals surface area contributed by atoms with Crippen molar-refractivity contribution in [2.75, 3.05) is 5.32 Å². The van der Waals surface area contributed by atoms with E-state index in [-0.39, 0.29) is 17.7 Å². The van der Waals surface area contributed by atoms with Crippen molar-refractivity contribution in [2.24, 2.45) is 0 Å². The highest BCUT2D eigenvalue weighted by atomic mass is 35.5. The summed E-state index contributed by atoms with van der Waals surface area (Å²) >= 11 is 7.04. The van der Waals surface area contributed by atoms with Crippen LogP contribution in [0.4, 0.5) is 11.9 Å². The topological polar surface area (TPSA) is 124 Å². The molecule has 11 heteroatoms. The number of anilines is 1. The Balaban J connectivity index is 1.74. The van der Waals surface area contributed by atoms with Crippen LogP contribution in [-0.4, -0.2) is 21.0 Å². The first kappa shape index (κ1) is 14.2. The van der Waals surface area contributed by atoms with Gasteiger partial charge in [0.2, 0.25) is 0 Å². The SMILES string of the molecule is O=C(Nc1nnc(-c2ccc(Cl)s2)o1)c1ccc([N+](=O)[O-])o1. The number of amides is 1. The highest BCUT2D eigenvalue weighted by Crippen LogP contribution is 2.30. The van der Waals surface area contributed by atoms with Gasteiger partial charge >= 0.3 is 11.9 Å². The van der Waals surface area contributed by atoms with E-state index in [0.717, 1.165) is 6.07 Å².